The quantitative estimate of drug-likeness (QED) is 0.777. The van der Waals surface area contributed by atoms with Crippen LogP contribution in [0.15, 0.2) is 47.3 Å². The Kier molecular flexibility index (Phi) is 4.90. The van der Waals surface area contributed by atoms with Crippen LogP contribution in [0.25, 0.3) is 11.3 Å². The summed E-state index contributed by atoms with van der Waals surface area (Å²) in [4.78, 5) is 26.8. The van der Waals surface area contributed by atoms with Gasteiger partial charge in [-0.1, -0.05) is 30.3 Å². The first-order chi connectivity index (χ1) is 10.1. The largest absolute Gasteiger partial charge is 0.350 e. The monoisotopic (exact) mass is 285 g/mol. The number of nitrogens with one attached hydrogen (secondary N) is 3. The average Bonchev–Trinajstić information content (AvgIpc) is 2.53. The summed E-state index contributed by atoms with van der Waals surface area (Å²) >= 11 is 0. The molecular formula is C16H19N3O2. The van der Waals surface area contributed by atoms with Crippen molar-refractivity contribution in [3.05, 3.63) is 58.4 Å². The van der Waals surface area contributed by atoms with Gasteiger partial charge in [-0.25, -0.2) is 0 Å². The minimum Gasteiger partial charge on any atom is -0.350 e. The summed E-state index contributed by atoms with van der Waals surface area (Å²) in [5, 5.41) is 5.74. The molecule has 1 aromatic heterocycles. The number of carbonyl (C=O) groups is 1. The second kappa shape index (κ2) is 6.85. The molecule has 0 aliphatic carbocycles. The zero-order valence-electron chi connectivity index (χ0n) is 12.1. The van der Waals surface area contributed by atoms with Crippen LogP contribution in [0.1, 0.15) is 17.3 Å². The highest BCUT2D eigenvalue weighted by Crippen LogP contribution is 2.14. The van der Waals surface area contributed by atoms with Gasteiger partial charge in [0.25, 0.3) is 11.5 Å². The fourth-order valence-corrected chi connectivity index (χ4v) is 1.88. The van der Waals surface area contributed by atoms with E-state index < -0.39 is 0 Å². The Morgan fingerprint density at radius 3 is 2.52 bits per heavy atom. The third kappa shape index (κ3) is 3.79. The van der Waals surface area contributed by atoms with E-state index in [1.807, 2.05) is 44.3 Å². The second-order valence-corrected chi connectivity index (χ2v) is 4.88. The number of hydrogen-bond donors (Lipinski definition) is 3. The van der Waals surface area contributed by atoms with Gasteiger partial charge in [0.2, 0.25) is 0 Å². The lowest BCUT2D eigenvalue weighted by molar-refractivity contribution is 0.0949. The van der Waals surface area contributed by atoms with Crippen LogP contribution in [-0.4, -0.2) is 30.5 Å². The molecule has 5 nitrogen and oxygen atoms in total. The standard InChI is InChI=1S/C16H19N3O2/c1-11(17-2)10-18-15(20)13-8-9-14(19-16(13)21)12-6-4-3-5-7-12/h3-9,11,17H,10H2,1-2H3,(H,18,20)(H,19,21). The van der Waals surface area contributed by atoms with Crippen molar-refractivity contribution < 1.29 is 4.79 Å². The first-order valence-electron chi connectivity index (χ1n) is 6.86. The number of carbonyl (C=O) groups excluding carboxylic acids is 1. The number of aromatic amines is 1. The first-order valence-corrected chi connectivity index (χ1v) is 6.86. The maximum atomic E-state index is 12.0. The third-order valence-electron chi connectivity index (χ3n) is 3.30. The number of amides is 1. The van der Waals surface area contributed by atoms with Crippen molar-refractivity contribution in [1.29, 1.82) is 0 Å². The Labute approximate surface area is 123 Å². The van der Waals surface area contributed by atoms with E-state index in [0.29, 0.717) is 12.2 Å². The SMILES string of the molecule is CNC(C)CNC(=O)c1ccc(-c2ccccc2)[nH]c1=O. The molecular weight excluding hydrogens is 266 g/mol. The molecule has 1 atom stereocenters. The maximum Gasteiger partial charge on any atom is 0.261 e. The lowest BCUT2D eigenvalue weighted by Gasteiger charge is -2.11. The fraction of sp³-hybridized carbons (Fsp3) is 0.250. The maximum absolute atomic E-state index is 12.0. The van der Waals surface area contributed by atoms with Crippen molar-refractivity contribution in [2.24, 2.45) is 0 Å². The molecule has 0 fully saturated rings. The van der Waals surface area contributed by atoms with Crippen LogP contribution < -0.4 is 16.2 Å². The van der Waals surface area contributed by atoms with Gasteiger partial charge in [0.1, 0.15) is 5.56 Å². The number of likely N-dealkylation sites (N-methyl/N-ethyl adjacent to an activating group) is 1. The smallest absolute Gasteiger partial charge is 0.261 e. The van der Waals surface area contributed by atoms with Gasteiger partial charge in [0, 0.05) is 18.3 Å². The van der Waals surface area contributed by atoms with E-state index in [0.717, 1.165) is 5.56 Å². The zero-order chi connectivity index (χ0) is 15.2. The molecule has 0 radical (unpaired) electrons. The van der Waals surface area contributed by atoms with Crippen molar-refractivity contribution in [2.45, 2.75) is 13.0 Å². The molecule has 0 bridgehead atoms. The number of rotatable bonds is 5. The predicted molar refractivity (Wildman–Crippen MR) is 83.4 cm³/mol. The Balaban J connectivity index is 2.16. The van der Waals surface area contributed by atoms with E-state index in [-0.39, 0.29) is 23.1 Å². The summed E-state index contributed by atoms with van der Waals surface area (Å²) in [5.74, 6) is -0.363. The molecule has 0 aliphatic heterocycles. The first kappa shape index (κ1) is 15.0. The van der Waals surface area contributed by atoms with Crippen LogP contribution in [0.2, 0.25) is 0 Å². The van der Waals surface area contributed by atoms with Crippen molar-refractivity contribution in [2.75, 3.05) is 13.6 Å². The Hall–Kier alpha value is -2.40. The summed E-state index contributed by atoms with van der Waals surface area (Å²) in [5.41, 5.74) is 1.34. The van der Waals surface area contributed by atoms with Crippen LogP contribution in [0.4, 0.5) is 0 Å². The molecule has 2 aromatic rings. The molecule has 0 saturated heterocycles. The highest BCUT2D eigenvalue weighted by atomic mass is 16.2. The highest BCUT2D eigenvalue weighted by molar-refractivity contribution is 5.94. The zero-order valence-corrected chi connectivity index (χ0v) is 12.1. The summed E-state index contributed by atoms with van der Waals surface area (Å²) < 4.78 is 0. The van der Waals surface area contributed by atoms with Crippen LogP contribution in [0, 0.1) is 0 Å². The molecule has 110 valence electrons. The lowest BCUT2D eigenvalue weighted by atomic mass is 10.1. The molecule has 1 aromatic carbocycles. The summed E-state index contributed by atoms with van der Waals surface area (Å²) in [6, 6.07) is 13.0. The van der Waals surface area contributed by atoms with Gasteiger partial charge in [-0.3, -0.25) is 9.59 Å². The van der Waals surface area contributed by atoms with E-state index in [1.165, 1.54) is 0 Å². The molecule has 2 rings (SSSR count). The van der Waals surface area contributed by atoms with Crippen LogP contribution in [0.5, 0.6) is 0 Å². The average molecular weight is 285 g/mol. The van der Waals surface area contributed by atoms with Crippen molar-refractivity contribution in [3.63, 3.8) is 0 Å². The van der Waals surface area contributed by atoms with Gasteiger partial charge in [0.05, 0.1) is 0 Å². The number of benzene rings is 1. The van der Waals surface area contributed by atoms with Gasteiger partial charge in [-0.05, 0) is 31.7 Å². The van der Waals surface area contributed by atoms with Crippen molar-refractivity contribution in [3.8, 4) is 11.3 Å². The van der Waals surface area contributed by atoms with Gasteiger partial charge < -0.3 is 15.6 Å². The van der Waals surface area contributed by atoms with E-state index in [4.69, 9.17) is 0 Å². The van der Waals surface area contributed by atoms with Gasteiger partial charge in [0.15, 0.2) is 0 Å². The van der Waals surface area contributed by atoms with E-state index in [2.05, 4.69) is 15.6 Å². The van der Waals surface area contributed by atoms with Crippen molar-refractivity contribution >= 4 is 5.91 Å². The minimum absolute atomic E-state index is 0.123. The molecule has 0 aliphatic rings. The molecule has 3 N–H and O–H groups in total. The number of aromatic nitrogens is 1. The number of hydrogen-bond acceptors (Lipinski definition) is 3. The van der Waals surface area contributed by atoms with Gasteiger partial charge in [-0.2, -0.15) is 0 Å². The van der Waals surface area contributed by atoms with Crippen molar-refractivity contribution in [1.82, 2.24) is 15.6 Å². The third-order valence-corrected chi connectivity index (χ3v) is 3.30. The highest BCUT2D eigenvalue weighted by Gasteiger charge is 2.11. The minimum atomic E-state index is -0.383. The number of pyridine rings is 1. The van der Waals surface area contributed by atoms with E-state index in [1.54, 1.807) is 12.1 Å². The van der Waals surface area contributed by atoms with E-state index >= 15 is 0 Å². The number of H-pyrrole nitrogens is 1. The normalized spacial score (nSPS) is 11.9. The van der Waals surface area contributed by atoms with Crippen LogP contribution >= 0.6 is 0 Å². The molecule has 0 spiro atoms. The summed E-state index contributed by atoms with van der Waals surface area (Å²) in [6.45, 7) is 2.41. The molecule has 5 heteroatoms. The Bertz CT molecular complexity index is 665. The lowest BCUT2D eigenvalue weighted by Crippen LogP contribution is -2.38. The molecule has 21 heavy (non-hydrogen) atoms. The molecule has 1 heterocycles. The second-order valence-electron chi connectivity index (χ2n) is 4.88. The molecule has 0 saturated carbocycles. The van der Waals surface area contributed by atoms with Crippen LogP contribution in [-0.2, 0) is 0 Å². The fourth-order valence-electron chi connectivity index (χ4n) is 1.88. The summed E-state index contributed by atoms with van der Waals surface area (Å²) in [7, 11) is 1.82. The molecule has 1 amide bonds. The van der Waals surface area contributed by atoms with Gasteiger partial charge in [-0.15, -0.1) is 0 Å². The molecule has 1 unspecified atom stereocenters. The van der Waals surface area contributed by atoms with E-state index in [9.17, 15) is 9.59 Å². The topological polar surface area (TPSA) is 74.0 Å². The van der Waals surface area contributed by atoms with Gasteiger partial charge >= 0.3 is 0 Å². The Morgan fingerprint density at radius 1 is 1.19 bits per heavy atom. The van der Waals surface area contributed by atoms with Crippen LogP contribution in [0.3, 0.4) is 0 Å². The predicted octanol–water partition coefficient (Wildman–Crippen LogP) is 1.38. The summed E-state index contributed by atoms with van der Waals surface area (Å²) in [6.07, 6.45) is 0. The Morgan fingerprint density at radius 2 is 1.90 bits per heavy atom.